The van der Waals surface area contributed by atoms with Crippen molar-refractivity contribution in [3.05, 3.63) is 60.2 Å². The van der Waals surface area contributed by atoms with Gasteiger partial charge in [0.1, 0.15) is 5.75 Å². The van der Waals surface area contributed by atoms with Gasteiger partial charge in [-0.1, -0.05) is 30.2 Å². The predicted molar refractivity (Wildman–Crippen MR) is 127 cm³/mol. The molecule has 4 rings (SSSR count). The number of carbonyl (C=O) groups excluding carboxylic acids is 1. The number of nitrogens with zero attached hydrogens (tertiary/aromatic N) is 2. The molecule has 5 nitrogen and oxygen atoms in total. The molecule has 2 saturated heterocycles. The highest BCUT2D eigenvalue weighted by atomic mass is 32.1. The summed E-state index contributed by atoms with van der Waals surface area (Å²) in [6.45, 7) is 3.37. The van der Waals surface area contributed by atoms with Crippen LogP contribution in [0.4, 0.5) is 5.69 Å². The van der Waals surface area contributed by atoms with Crippen LogP contribution in [0.15, 0.2) is 54.6 Å². The van der Waals surface area contributed by atoms with Crippen LogP contribution >= 0.6 is 12.2 Å². The highest BCUT2D eigenvalue weighted by molar-refractivity contribution is 7.80. The van der Waals surface area contributed by atoms with E-state index in [0.717, 1.165) is 67.6 Å². The molecule has 1 N–H and O–H groups in total. The smallest absolute Gasteiger partial charge is 0.298 e. The van der Waals surface area contributed by atoms with Crippen LogP contribution in [0, 0.1) is 17.3 Å². The second-order valence-electron chi connectivity index (χ2n) is 8.24. The van der Waals surface area contributed by atoms with Crippen molar-refractivity contribution in [2.75, 3.05) is 38.6 Å². The maximum Gasteiger partial charge on any atom is 0.298 e. The van der Waals surface area contributed by atoms with Crippen LogP contribution in [0.5, 0.6) is 5.75 Å². The van der Waals surface area contributed by atoms with Crippen molar-refractivity contribution in [2.24, 2.45) is 5.41 Å². The maximum absolute atomic E-state index is 12.6. The molecule has 0 atom stereocenters. The second-order valence-corrected chi connectivity index (χ2v) is 8.63. The van der Waals surface area contributed by atoms with Crippen LogP contribution in [-0.2, 0) is 4.79 Å². The minimum atomic E-state index is -0.0710. The van der Waals surface area contributed by atoms with Crippen LogP contribution in [0.2, 0.25) is 0 Å². The summed E-state index contributed by atoms with van der Waals surface area (Å²) in [5, 5.41) is 4.06. The zero-order chi connectivity index (χ0) is 21.7. The molecule has 1 amide bonds. The van der Waals surface area contributed by atoms with E-state index in [-0.39, 0.29) is 11.3 Å². The molecule has 160 valence electrons. The van der Waals surface area contributed by atoms with E-state index in [1.165, 1.54) is 0 Å². The molecule has 0 bridgehead atoms. The number of likely N-dealkylation sites (tertiary alicyclic amines) is 2. The molecule has 1 spiro atoms. The van der Waals surface area contributed by atoms with Gasteiger partial charge >= 0.3 is 0 Å². The van der Waals surface area contributed by atoms with E-state index >= 15 is 0 Å². The van der Waals surface area contributed by atoms with Crippen LogP contribution in [0.25, 0.3) is 0 Å². The molecule has 2 aromatic rings. The molecule has 0 aliphatic carbocycles. The molecule has 2 heterocycles. The lowest BCUT2D eigenvalue weighted by atomic mass is 9.78. The van der Waals surface area contributed by atoms with Crippen molar-refractivity contribution < 1.29 is 9.53 Å². The number of carbonyl (C=O) groups is 1. The molecule has 2 aliphatic rings. The summed E-state index contributed by atoms with van der Waals surface area (Å²) < 4.78 is 5.28. The Balaban J connectivity index is 1.29. The Labute approximate surface area is 189 Å². The van der Waals surface area contributed by atoms with Crippen LogP contribution in [-0.4, -0.2) is 54.1 Å². The Morgan fingerprint density at radius 2 is 1.74 bits per heavy atom. The van der Waals surface area contributed by atoms with Gasteiger partial charge in [-0.3, -0.25) is 4.79 Å². The summed E-state index contributed by atoms with van der Waals surface area (Å²) in [4.78, 5) is 16.7. The molecular formula is C25H27N3O2S. The molecular weight excluding hydrogens is 406 g/mol. The molecule has 0 radical (unpaired) electrons. The fraction of sp³-hybridized carbons (Fsp3) is 0.360. The third kappa shape index (κ3) is 5.18. The van der Waals surface area contributed by atoms with Crippen molar-refractivity contribution in [3.8, 4) is 17.6 Å². The van der Waals surface area contributed by atoms with E-state index < -0.39 is 0 Å². The number of amides is 1. The molecule has 0 saturated carbocycles. The Hall–Kier alpha value is -3.04. The topological polar surface area (TPSA) is 44.8 Å². The molecule has 2 aliphatic heterocycles. The van der Waals surface area contributed by atoms with Crippen molar-refractivity contribution >= 4 is 28.9 Å². The van der Waals surface area contributed by atoms with Gasteiger partial charge in [-0.25, -0.2) is 0 Å². The quantitative estimate of drug-likeness (QED) is 0.577. The number of hydrogen-bond donors (Lipinski definition) is 1. The van der Waals surface area contributed by atoms with Gasteiger partial charge in [0, 0.05) is 49.4 Å². The number of methoxy groups -OCH3 is 1. The number of nitrogens with one attached hydrogen (secondary N) is 1. The SMILES string of the molecule is COc1cccc(NC(=S)N2CCC3(CCN(C(=O)C#Cc4ccccc4)C3)CC2)c1. The fourth-order valence-electron chi connectivity index (χ4n) is 4.33. The highest BCUT2D eigenvalue weighted by Gasteiger charge is 2.42. The number of benzene rings is 2. The Morgan fingerprint density at radius 3 is 2.45 bits per heavy atom. The van der Waals surface area contributed by atoms with Gasteiger partial charge in [0.25, 0.3) is 5.91 Å². The lowest BCUT2D eigenvalue weighted by Crippen LogP contribution is -2.46. The van der Waals surface area contributed by atoms with Gasteiger partial charge < -0.3 is 19.9 Å². The van der Waals surface area contributed by atoms with Gasteiger partial charge in [-0.2, -0.15) is 0 Å². The monoisotopic (exact) mass is 433 g/mol. The minimum Gasteiger partial charge on any atom is -0.497 e. The Kier molecular flexibility index (Phi) is 6.43. The number of hydrogen-bond acceptors (Lipinski definition) is 3. The lowest BCUT2D eigenvalue weighted by Gasteiger charge is -2.40. The van der Waals surface area contributed by atoms with Gasteiger partial charge in [0.05, 0.1) is 7.11 Å². The number of ether oxygens (including phenoxy) is 1. The molecule has 6 heteroatoms. The largest absolute Gasteiger partial charge is 0.497 e. The summed E-state index contributed by atoms with van der Waals surface area (Å²) in [6.07, 6.45) is 3.10. The van der Waals surface area contributed by atoms with Crippen LogP contribution in [0.1, 0.15) is 24.8 Å². The van der Waals surface area contributed by atoms with E-state index in [2.05, 4.69) is 22.1 Å². The van der Waals surface area contributed by atoms with Crippen LogP contribution < -0.4 is 10.1 Å². The predicted octanol–water partition coefficient (Wildman–Crippen LogP) is 3.76. The zero-order valence-electron chi connectivity index (χ0n) is 17.8. The van der Waals surface area contributed by atoms with Crippen molar-refractivity contribution in [1.82, 2.24) is 9.80 Å². The van der Waals surface area contributed by atoms with E-state index in [9.17, 15) is 4.79 Å². The average Bonchev–Trinajstić information content (AvgIpc) is 3.22. The summed E-state index contributed by atoms with van der Waals surface area (Å²) in [7, 11) is 1.66. The van der Waals surface area contributed by atoms with Gasteiger partial charge in [0.15, 0.2) is 5.11 Å². The minimum absolute atomic E-state index is 0.0710. The lowest BCUT2D eigenvalue weighted by molar-refractivity contribution is -0.124. The van der Waals surface area contributed by atoms with Crippen LogP contribution in [0.3, 0.4) is 0 Å². The first-order chi connectivity index (χ1) is 15.1. The second kappa shape index (κ2) is 9.40. The van der Waals surface area contributed by atoms with E-state index in [0.29, 0.717) is 0 Å². The van der Waals surface area contributed by atoms with Gasteiger partial charge in [-0.15, -0.1) is 0 Å². The fourth-order valence-corrected chi connectivity index (χ4v) is 4.63. The third-order valence-electron chi connectivity index (χ3n) is 6.25. The van der Waals surface area contributed by atoms with E-state index in [1.807, 2.05) is 59.5 Å². The molecule has 0 unspecified atom stereocenters. The normalized spacial score (nSPS) is 17.1. The Morgan fingerprint density at radius 1 is 1.03 bits per heavy atom. The Bertz CT molecular complexity index is 1000. The molecule has 2 aromatic carbocycles. The molecule has 31 heavy (non-hydrogen) atoms. The number of rotatable bonds is 2. The number of piperidine rings is 1. The summed E-state index contributed by atoms with van der Waals surface area (Å²) >= 11 is 5.64. The standard InChI is InChI=1S/C25H27N3O2S/c1-30-22-9-5-8-21(18-22)26-24(31)27-15-12-25(13-16-27)14-17-28(19-25)23(29)11-10-20-6-3-2-4-7-20/h2-9,18H,12-17,19H2,1H3,(H,26,31). The van der Waals surface area contributed by atoms with Gasteiger partial charge in [-0.05, 0) is 61.2 Å². The summed E-state index contributed by atoms with van der Waals surface area (Å²) in [6, 6.07) is 17.4. The highest BCUT2D eigenvalue weighted by Crippen LogP contribution is 2.40. The summed E-state index contributed by atoms with van der Waals surface area (Å²) in [5.41, 5.74) is 1.99. The maximum atomic E-state index is 12.6. The van der Waals surface area contributed by atoms with Crippen molar-refractivity contribution in [1.29, 1.82) is 0 Å². The average molecular weight is 434 g/mol. The first-order valence-electron chi connectivity index (χ1n) is 10.6. The van der Waals surface area contributed by atoms with Gasteiger partial charge in [0.2, 0.25) is 0 Å². The first kappa shape index (κ1) is 21.2. The molecule has 2 fully saturated rings. The first-order valence-corrected chi connectivity index (χ1v) is 11.0. The molecule has 0 aromatic heterocycles. The van der Waals surface area contributed by atoms with Crippen molar-refractivity contribution in [2.45, 2.75) is 19.3 Å². The van der Waals surface area contributed by atoms with E-state index in [4.69, 9.17) is 17.0 Å². The number of anilines is 1. The summed E-state index contributed by atoms with van der Waals surface area (Å²) in [5.74, 6) is 6.53. The third-order valence-corrected chi connectivity index (χ3v) is 6.61. The number of thiocarbonyl (C=S) groups is 1. The zero-order valence-corrected chi connectivity index (χ0v) is 18.6. The van der Waals surface area contributed by atoms with Crippen molar-refractivity contribution in [3.63, 3.8) is 0 Å². The van der Waals surface area contributed by atoms with E-state index in [1.54, 1.807) is 7.11 Å².